The average Bonchev–Trinajstić information content (AvgIpc) is 2.34. The summed E-state index contributed by atoms with van der Waals surface area (Å²) < 4.78 is 5.17. The summed E-state index contributed by atoms with van der Waals surface area (Å²) in [5.41, 5.74) is 0.501. The second-order valence-corrected chi connectivity index (χ2v) is 2.96. The summed E-state index contributed by atoms with van der Waals surface area (Å²) >= 11 is 0. The van der Waals surface area contributed by atoms with E-state index in [1.165, 1.54) is 0 Å². The predicted molar refractivity (Wildman–Crippen MR) is 59.2 cm³/mol. The topological polar surface area (TPSA) is 55.4 Å². The molecule has 0 fully saturated rings. The van der Waals surface area contributed by atoms with E-state index in [4.69, 9.17) is 11.2 Å². The van der Waals surface area contributed by atoms with Crippen molar-refractivity contribution in [2.24, 2.45) is 0 Å². The summed E-state index contributed by atoms with van der Waals surface area (Å²) in [4.78, 5) is 21.6. The van der Waals surface area contributed by atoms with Gasteiger partial charge in [0.25, 0.3) is 5.91 Å². The molecule has 0 aromatic heterocycles. The van der Waals surface area contributed by atoms with Gasteiger partial charge in [-0.25, -0.2) is 0 Å². The summed E-state index contributed by atoms with van der Waals surface area (Å²) in [6, 6.07) is 6.56. The molecule has 0 aliphatic heterocycles. The van der Waals surface area contributed by atoms with E-state index in [1.807, 2.05) is 0 Å². The zero-order chi connectivity index (χ0) is 11.8. The first kappa shape index (κ1) is 11.8. The molecule has 0 aliphatic carbocycles. The van der Waals surface area contributed by atoms with Crippen molar-refractivity contribution in [1.29, 1.82) is 0 Å². The van der Waals surface area contributed by atoms with Crippen LogP contribution in [0, 0.1) is 12.3 Å². The predicted octanol–water partition coefficient (Wildman–Crippen LogP) is 0.627. The van der Waals surface area contributed by atoms with Gasteiger partial charge in [-0.2, -0.15) is 0 Å². The number of hydrogen-bond donors (Lipinski definition) is 1. The first-order valence-corrected chi connectivity index (χ1v) is 4.64. The number of carbonyl (C=O) groups is 2. The van der Waals surface area contributed by atoms with Crippen molar-refractivity contribution >= 4 is 12.2 Å². The van der Waals surface area contributed by atoms with E-state index in [0.717, 1.165) is 0 Å². The molecule has 0 radical (unpaired) electrons. The molecule has 4 heteroatoms. The molecule has 0 unspecified atom stereocenters. The number of benzene rings is 1. The molecule has 1 rings (SSSR count). The second kappa shape index (κ2) is 6.25. The summed E-state index contributed by atoms with van der Waals surface area (Å²) in [5, 5.41) is 2.46. The molecule has 1 aromatic carbocycles. The van der Waals surface area contributed by atoms with Crippen molar-refractivity contribution in [3.8, 4) is 18.1 Å². The van der Waals surface area contributed by atoms with Gasteiger partial charge >= 0.3 is 0 Å². The summed E-state index contributed by atoms with van der Waals surface area (Å²) in [7, 11) is 0. The molecule has 0 atom stereocenters. The third kappa shape index (κ3) is 3.84. The van der Waals surface area contributed by atoms with Crippen molar-refractivity contribution in [1.82, 2.24) is 5.32 Å². The molecule has 0 heterocycles. The number of terminal acetylenes is 1. The Morgan fingerprint density at radius 3 is 3.06 bits per heavy atom. The van der Waals surface area contributed by atoms with Gasteiger partial charge in [0.15, 0.2) is 6.61 Å². The van der Waals surface area contributed by atoms with Crippen LogP contribution in [0.4, 0.5) is 0 Å². The molecule has 0 aliphatic rings. The highest BCUT2D eigenvalue weighted by Gasteiger charge is 2.01. The summed E-state index contributed by atoms with van der Waals surface area (Å²) in [6.45, 7) is 0.0561. The minimum atomic E-state index is -0.297. The van der Waals surface area contributed by atoms with E-state index in [-0.39, 0.29) is 19.1 Å². The number of amides is 1. The van der Waals surface area contributed by atoms with Crippen molar-refractivity contribution in [2.75, 3.05) is 13.2 Å². The van der Waals surface area contributed by atoms with Crippen molar-refractivity contribution in [3.63, 3.8) is 0 Å². The fourth-order valence-corrected chi connectivity index (χ4v) is 1.03. The maximum Gasteiger partial charge on any atom is 0.258 e. The molecular formula is C12H11NO3. The highest BCUT2D eigenvalue weighted by atomic mass is 16.5. The van der Waals surface area contributed by atoms with E-state index in [0.29, 0.717) is 17.6 Å². The molecule has 0 spiro atoms. The van der Waals surface area contributed by atoms with Crippen LogP contribution in [0.3, 0.4) is 0 Å². The zero-order valence-corrected chi connectivity index (χ0v) is 8.60. The quantitative estimate of drug-likeness (QED) is 0.581. The molecule has 0 saturated heterocycles. The Morgan fingerprint density at radius 1 is 1.56 bits per heavy atom. The number of aldehydes is 1. The van der Waals surface area contributed by atoms with Gasteiger partial charge in [-0.05, 0) is 12.1 Å². The summed E-state index contributed by atoms with van der Waals surface area (Å²) in [6.07, 6.45) is 5.69. The molecule has 82 valence electrons. The first-order valence-electron chi connectivity index (χ1n) is 4.64. The van der Waals surface area contributed by atoms with E-state index >= 15 is 0 Å². The molecule has 0 bridgehead atoms. The Kier molecular flexibility index (Phi) is 4.61. The number of hydrogen-bond acceptors (Lipinski definition) is 3. The van der Waals surface area contributed by atoms with Gasteiger partial charge in [-0.3, -0.25) is 9.59 Å². The van der Waals surface area contributed by atoms with E-state index in [2.05, 4.69) is 11.2 Å². The van der Waals surface area contributed by atoms with Crippen LogP contribution in [0.15, 0.2) is 24.3 Å². The standard InChI is InChI=1S/C12H11NO3/c1-2-6-13-12(15)9-16-11-5-3-4-10(7-11)8-14/h1,3-5,7-8H,6,9H2,(H,13,15). The third-order valence-corrected chi connectivity index (χ3v) is 1.75. The van der Waals surface area contributed by atoms with Crippen LogP contribution < -0.4 is 10.1 Å². The normalized spacial score (nSPS) is 8.94. The first-order chi connectivity index (χ1) is 7.76. The average molecular weight is 217 g/mol. The molecule has 16 heavy (non-hydrogen) atoms. The van der Waals surface area contributed by atoms with Crippen LogP contribution in [-0.2, 0) is 4.79 Å². The van der Waals surface area contributed by atoms with E-state index in [9.17, 15) is 9.59 Å². The molecule has 0 saturated carbocycles. The van der Waals surface area contributed by atoms with Crippen LogP contribution in [-0.4, -0.2) is 25.3 Å². The van der Waals surface area contributed by atoms with Crippen LogP contribution in [0.25, 0.3) is 0 Å². The Morgan fingerprint density at radius 2 is 2.38 bits per heavy atom. The summed E-state index contributed by atoms with van der Waals surface area (Å²) in [5.74, 6) is 2.46. The van der Waals surface area contributed by atoms with E-state index < -0.39 is 0 Å². The molecule has 1 aromatic rings. The van der Waals surface area contributed by atoms with Crippen molar-refractivity contribution in [3.05, 3.63) is 29.8 Å². The highest BCUT2D eigenvalue weighted by Crippen LogP contribution is 2.11. The Bertz CT molecular complexity index is 421. The van der Waals surface area contributed by atoms with Gasteiger partial charge in [-0.15, -0.1) is 6.42 Å². The number of nitrogens with one attached hydrogen (secondary N) is 1. The third-order valence-electron chi connectivity index (χ3n) is 1.75. The number of ether oxygens (including phenoxy) is 1. The SMILES string of the molecule is C#CCNC(=O)COc1cccc(C=O)c1. The van der Waals surface area contributed by atoms with Gasteiger partial charge in [-0.1, -0.05) is 18.1 Å². The monoisotopic (exact) mass is 217 g/mol. The minimum absolute atomic E-state index is 0.121. The van der Waals surface area contributed by atoms with Crippen LogP contribution in [0.1, 0.15) is 10.4 Å². The van der Waals surface area contributed by atoms with Gasteiger partial charge in [0, 0.05) is 5.56 Å². The van der Waals surface area contributed by atoms with Crippen molar-refractivity contribution in [2.45, 2.75) is 0 Å². The Labute approximate surface area is 93.6 Å². The van der Waals surface area contributed by atoms with Gasteiger partial charge in [0.1, 0.15) is 12.0 Å². The van der Waals surface area contributed by atoms with Gasteiger partial charge in [0.2, 0.25) is 0 Å². The van der Waals surface area contributed by atoms with Gasteiger partial charge in [0.05, 0.1) is 6.54 Å². The van der Waals surface area contributed by atoms with Crippen LogP contribution >= 0.6 is 0 Å². The molecular weight excluding hydrogens is 206 g/mol. The maximum absolute atomic E-state index is 11.1. The minimum Gasteiger partial charge on any atom is -0.484 e. The molecule has 4 nitrogen and oxygen atoms in total. The lowest BCUT2D eigenvalue weighted by Gasteiger charge is -2.05. The lowest BCUT2D eigenvalue weighted by molar-refractivity contribution is -0.122. The number of carbonyl (C=O) groups excluding carboxylic acids is 2. The molecule has 1 amide bonds. The fourth-order valence-electron chi connectivity index (χ4n) is 1.03. The smallest absolute Gasteiger partial charge is 0.258 e. The second-order valence-electron chi connectivity index (χ2n) is 2.96. The lowest BCUT2D eigenvalue weighted by Crippen LogP contribution is -2.29. The van der Waals surface area contributed by atoms with Gasteiger partial charge < -0.3 is 10.1 Å². The highest BCUT2D eigenvalue weighted by molar-refractivity contribution is 5.78. The van der Waals surface area contributed by atoms with Crippen molar-refractivity contribution < 1.29 is 14.3 Å². The fraction of sp³-hybridized carbons (Fsp3) is 0.167. The number of rotatable bonds is 5. The largest absolute Gasteiger partial charge is 0.484 e. The zero-order valence-electron chi connectivity index (χ0n) is 8.60. The molecule has 1 N–H and O–H groups in total. The Balaban J connectivity index is 2.45. The lowest BCUT2D eigenvalue weighted by atomic mass is 10.2. The Hall–Kier alpha value is -2.28. The maximum atomic E-state index is 11.1. The van der Waals surface area contributed by atoms with Crippen LogP contribution in [0.5, 0.6) is 5.75 Å². The van der Waals surface area contributed by atoms with Crippen LogP contribution in [0.2, 0.25) is 0 Å². The van der Waals surface area contributed by atoms with E-state index in [1.54, 1.807) is 24.3 Å².